The van der Waals surface area contributed by atoms with Crippen LogP contribution < -0.4 is 10.1 Å². The fourth-order valence-electron chi connectivity index (χ4n) is 1.38. The van der Waals surface area contributed by atoms with E-state index < -0.39 is 12.0 Å². The van der Waals surface area contributed by atoms with Crippen LogP contribution in [0.25, 0.3) is 0 Å². The molecule has 2 N–H and O–H groups in total. The van der Waals surface area contributed by atoms with E-state index in [1.54, 1.807) is 26.4 Å². The summed E-state index contributed by atoms with van der Waals surface area (Å²) in [4.78, 5) is 14.8. The van der Waals surface area contributed by atoms with Crippen molar-refractivity contribution in [2.45, 2.75) is 18.9 Å². The number of pyridine rings is 1. The normalized spacial score (nSPS) is 12.1. The molecule has 0 saturated carbocycles. The predicted octanol–water partition coefficient (Wildman–Crippen LogP) is 0.695. The van der Waals surface area contributed by atoms with E-state index in [2.05, 4.69) is 10.3 Å². The van der Waals surface area contributed by atoms with Crippen LogP contribution in [0.3, 0.4) is 0 Å². The summed E-state index contributed by atoms with van der Waals surface area (Å²) in [5.41, 5.74) is 1.00. The van der Waals surface area contributed by atoms with Crippen molar-refractivity contribution in [1.82, 2.24) is 10.3 Å². The third kappa shape index (κ3) is 3.51. The minimum atomic E-state index is -0.830. The molecule has 0 spiro atoms. The number of aliphatic carboxylic acids is 1. The molecule has 0 aliphatic rings. The lowest BCUT2D eigenvalue weighted by Gasteiger charge is -2.10. The van der Waals surface area contributed by atoms with Gasteiger partial charge in [0.25, 0.3) is 0 Å². The molecule has 0 aromatic carbocycles. The number of rotatable bonds is 6. The zero-order chi connectivity index (χ0) is 12.0. The van der Waals surface area contributed by atoms with Gasteiger partial charge in [-0.05, 0) is 25.5 Å². The molecule has 5 heteroatoms. The van der Waals surface area contributed by atoms with Crippen LogP contribution in [0.4, 0.5) is 0 Å². The second-order valence-electron chi connectivity index (χ2n) is 3.43. The molecular formula is C11H16N2O3. The summed E-state index contributed by atoms with van der Waals surface area (Å²) in [6.45, 7) is 0. The number of likely N-dealkylation sites (N-methyl/N-ethyl adjacent to an activating group) is 1. The molecule has 16 heavy (non-hydrogen) atoms. The first-order chi connectivity index (χ1) is 7.67. The van der Waals surface area contributed by atoms with Gasteiger partial charge in [-0.1, -0.05) is 6.07 Å². The van der Waals surface area contributed by atoms with Gasteiger partial charge in [-0.2, -0.15) is 0 Å². The van der Waals surface area contributed by atoms with Gasteiger partial charge in [0, 0.05) is 12.3 Å². The van der Waals surface area contributed by atoms with Crippen LogP contribution in [0.2, 0.25) is 0 Å². The number of hydrogen-bond donors (Lipinski definition) is 2. The highest BCUT2D eigenvalue weighted by Gasteiger charge is 2.14. The first-order valence-electron chi connectivity index (χ1n) is 5.06. The lowest BCUT2D eigenvalue weighted by molar-refractivity contribution is -0.139. The van der Waals surface area contributed by atoms with Gasteiger partial charge in [0.2, 0.25) is 5.88 Å². The van der Waals surface area contributed by atoms with Crippen molar-refractivity contribution in [3.8, 4) is 5.88 Å². The minimum absolute atomic E-state index is 0.512. The smallest absolute Gasteiger partial charge is 0.320 e. The van der Waals surface area contributed by atoms with E-state index in [0.717, 1.165) is 5.56 Å². The van der Waals surface area contributed by atoms with Crippen LogP contribution in [0.1, 0.15) is 12.0 Å². The van der Waals surface area contributed by atoms with Crippen LogP contribution >= 0.6 is 0 Å². The number of nitrogens with zero attached hydrogens (tertiary/aromatic N) is 1. The van der Waals surface area contributed by atoms with E-state index in [0.29, 0.717) is 18.7 Å². The maximum Gasteiger partial charge on any atom is 0.320 e. The average Bonchev–Trinajstić information content (AvgIpc) is 2.30. The lowest BCUT2D eigenvalue weighted by atomic mass is 10.1. The average molecular weight is 224 g/mol. The number of carboxylic acids is 1. The Kier molecular flexibility index (Phi) is 4.72. The maximum atomic E-state index is 10.8. The van der Waals surface area contributed by atoms with Gasteiger partial charge >= 0.3 is 5.97 Å². The largest absolute Gasteiger partial charge is 0.481 e. The van der Waals surface area contributed by atoms with Gasteiger partial charge in [-0.3, -0.25) is 4.79 Å². The van der Waals surface area contributed by atoms with E-state index >= 15 is 0 Å². The van der Waals surface area contributed by atoms with Crippen molar-refractivity contribution in [3.63, 3.8) is 0 Å². The van der Waals surface area contributed by atoms with Crippen molar-refractivity contribution in [2.24, 2.45) is 0 Å². The van der Waals surface area contributed by atoms with Crippen molar-refractivity contribution >= 4 is 5.97 Å². The maximum absolute atomic E-state index is 10.8. The fraction of sp³-hybridized carbons (Fsp3) is 0.455. The quantitative estimate of drug-likeness (QED) is 0.744. The number of aromatic nitrogens is 1. The molecule has 0 radical (unpaired) electrons. The molecule has 88 valence electrons. The Hall–Kier alpha value is -1.62. The van der Waals surface area contributed by atoms with Gasteiger partial charge in [-0.15, -0.1) is 0 Å². The van der Waals surface area contributed by atoms with Crippen LogP contribution in [-0.4, -0.2) is 36.3 Å². The SMILES string of the molecule is CNC(CCc1ccc(OC)nc1)C(=O)O. The second kappa shape index (κ2) is 6.07. The van der Waals surface area contributed by atoms with Gasteiger partial charge in [0.05, 0.1) is 7.11 Å². The van der Waals surface area contributed by atoms with Crippen LogP contribution in [0.15, 0.2) is 18.3 Å². The Labute approximate surface area is 94.5 Å². The number of carboxylic acid groups (broad SMARTS) is 1. The van der Waals surface area contributed by atoms with Crippen molar-refractivity contribution in [3.05, 3.63) is 23.9 Å². The molecule has 0 fully saturated rings. The number of methoxy groups -OCH3 is 1. The van der Waals surface area contributed by atoms with Crippen LogP contribution in [0.5, 0.6) is 5.88 Å². The van der Waals surface area contributed by atoms with Crippen LogP contribution in [0, 0.1) is 0 Å². The predicted molar refractivity (Wildman–Crippen MR) is 59.6 cm³/mol. The molecular weight excluding hydrogens is 208 g/mol. The molecule has 0 aliphatic carbocycles. The zero-order valence-electron chi connectivity index (χ0n) is 9.43. The lowest BCUT2D eigenvalue weighted by Crippen LogP contribution is -2.34. The number of ether oxygens (including phenoxy) is 1. The molecule has 0 amide bonds. The summed E-state index contributed by atoms with van der Waals surface area (Å²) in [5.74, 6) is -0.267. The van der Waals surface area contributed by atoms with E-state index in [1.807, 2.05) is 6.07 Å². The van der Waals surface area contributed by atoms with E-state index in [9.17, 15) is 4.79 Å². The number of nitrogens with one attached hydrogen (secondary N) is 1. The number of hydrogen-bond acceptors (Lipinski definition) is 4. The Morgan fingerprint density at radius 1 is 1.62 bits per heavy atom. The third-order valence-corrected chi connectivity index (χ3v) is 2.37. The highest BCUT2D eigenvalue weighted by Crippen LogP contribution is 2.09. The summed E-state index contributed by atoms with van der Waals surface area (Å²) in [5, 5.41) is 11.6. The molecule has 5 nitrogen and oxygen atoms in total. The van der Waals surface area contributed by atoms with Gasteiger partial charge in [0.15, 0.2) is 0 Å². The Balaban J connectivity index is 2.50. The van der Waals surface area contributed by atoms with Gasteiger partial charge in [0.1, 0.15) is 6.04 Å². The monoisotopic (exact) mass is 224 g/mol. The molecule has 0 saturated heterocycles. The first-order valence-corrected chi connectivity index (χ1v) is 5.06. The van der Waals surface area contributed by atoms with Gasteiger partial charge in [-0.25, -0.2) is 4.98 Å². The molecule has 1 rings (SSSR count). The molecule has 0 bridgehead atoms. The molecule has 1 heterocycles. The molecule has 1 atom stereocenters. The topological polar surface area (TPSA) is 71.5 Å². The summed E-state index contributed by atoms with van der Waals surface area (Å²) < 4.78 is 4.94. The number of aryl methyl sites for hydroxylation is 1. The van der Waals surface area contributed by atoms with E-state index in [4.69, 9.17) is 9.84 Å². The summed E-state index contributed by atoms with van der Waals surface area (Å²) >= 11 is 0. The molecule has 0 aliphatic heterocycles. The Morgan fingerprint density at radius 3 is 2.81 bits per heavy atom. The summed E-state index contributed by atoms with van der Waals surface area (Å²) in [7, 11) is 3.20. The first kappa shape index (κ1) is 12.4. The molecule has 1 aromatic rings. The van der Waals surface area contributed by atoms with Crippen molar-refractivity contribution in [2.75, 3.05) is 14.2 Å². The minimum Gasteiger partial charge on any atom is -0.481 e. The van der Waals surface area contributed by atoms with Crippen LogP contribution in [-0.2, 0) is 11.2 Å². The summed E-state index contributed by atoms with van der Waals surface area (Å²) in [6, 6.07) is 3.15. The Morgan fingerprint density at radius 2 is 2.38 bits per heavy atom. The molecule has 1 unspecified atom stereocenters. The van der Waals surface area contributed by atoms with E-state index in [-0.39, 0.29) is 0 Å². The van der Waals surface area contributed by atoms with Crippen molar-refractivity contribution < 1.29 is 14.6 Å². The van der Waals surface area contributed by atoms with Crippen molar-refractivity contribution in [1.29, 1.82) is 0 Å². The number of carbonyl (C=O) groups is 1. The molecule has 1 aromatic heterocycles. The second-order valence-corrected chi connectivity index (χ2v) is 3.43. The highest BCUT2D eigenvalue weighted by molar-refractivity contribution is 5.73. The zero-order valence-corrected chi connectivity index (χ0v) is 9.43. The summed E-state index contributed by atoms with van der Waals surface area (Å²) in [6.07, 6.45) is 2.92. The standard InChI is InChI=1S/C11H16N2O3/c1-12-9(11(14)15)5-3-8-4-6-10(16-2)13-7-8/h4,6-7,9,12H,3,5H2,1-2H3,(H,14,15). The van der Waals surface area contributed by atoms with Gasteiger partial charge < -0.3 is 15.2 Å². The Bertz CT molecular complexity index is 338. The third-order valence-electron chi connectivity index (χ3n) is 2.37. The highest BCUT2D eigenvalue weighted by atomic mass is 16.5. The fourth-order valence-corrected chi connectivity index (χ4v) is 1.38. The van der Waals surface area contributed by atoms with E-state index in [1.165, 1.54) is 0 Å².